The maximum absolute atomic E-state index is 12.9. The van der Waals surface area contributed by atoms with Gasteiger partial charge in [0, 0.05) is 23.8 Å². The van der Waals surface area contributed by atoms with Crippen molar-refractivity contribution in [2.45, 2.75) is 70.3 Å². The Morgan fingerprint density at radius 1 is 1.18 bits per heavy atom. The first-order valence-electron chi connectivity index (χ1n) is 10.4. The molecule has 0 radical (unpaired) electrons. The Labute approximate surface area is 168 Å². The fourth-order valence-electron chi connectivity index (χ4n) is 3.76. The van der Waals surface area contributed by atoms with E-state index in [0.717, 1.165) is 36.8 Å². The molecule has 0 aliphatic heterocycles. The normalized spacial score (nSPS) is 20.1. The highest BCUT2D eigenvalue weighted by Gasteiger charge is 2.37. The van der Waals surface area contributed by atoms with Crippen molar-refractivity contribution >= 4 is 11.8 Å². The van der Waals surface area contributed by atoms with Gasteiger partial charge in [0.15, 0.2) is 5.78 Å². The zero-order valence-corrected chi connectivity index (χ0v) is 16.7. The van der Waals surface area contributed by atoms with E-state index >= 15 is 0 Å². The van der Waals surface area contributed by atoms with Crippen LogP contribution in [0.4, 0.5) is 0 Å². The largest absolute Gasteiger partial charge is 0.481 e. The smallest absolute Gasteiger partial charge is 0.303 e. The molecule has 2 rings (SSSR count). The van der Waals surface area contributed by atoms with Gasteiger partial charge >= 0.3 is 5.97 Å². The Bertz CT molecular complexity index is 704. The van der Waals surface area contributed by atoms with Crippen LogP contribution >= 0.6 is 0 Å². The predicted octanol–water partition coefficient (Wildman–Crippen LogP) is 5.28. The standard InChI is InChI=1S/C24H32O4/c1-2-3-6-11-18(25)16-17-20-19-12-9-10-14-21(19)24(28)22(20)13-7-4-5-8-15-23(26)27/h4,7,9-10,12,14,16-18,20,22,25H,2-3,5-6,8,11,13,15H2,1H3,(H,26,27)/b7-4-,17-16?/t18?,20-,22+/m0/s1. The maximum atomic E-state index is 12.9. The van der Waals surface area contributed by atoms with Gasteiger partial charge in [-0.2, -0.15) is 0 Å². The maximum Gasteiger partial charge on any atom is 0.303 e. The van der Waals surface area contributed by atoms with Gasteiger partial charge in [0.05, 0.1) is 6.10 Å². The minimum atomic E-state index is -0.780. The summed E-state index contributed by atoms with van der Waals surface area (Å²) < 4.78 is 0. The van der Waals surface area contributed by atoms with E-state index in [1.807, 2.05) is 48.6 Å². The molecular formula is C24H32O4. The first-order chi connectivity index (χ1) is 13.5. The van der Waals surface area contributed by atoms with E-state index in [0.29, 0.717) is 19.3 Å². The van der Waals surface area contributed by atoms with Crippen molar-refractivity contribution in [3.8, 4) is 0 Å². The number of ketones is 1. The SMILES string of the molecule is CCCCCC(O)C=C[C@H]1c2ccccc2C(=O)[C@@H]1C/C=C\CCCC(=O)O. The third-order valence-corrected chi connectivity index (χ3v) is 5.32. The van der Waals surface area contributed by atoms with Crippen LogP contribution in [0.3, 0.4) is 0 Å². The lowest BCUT2D eigenvalue weighted by molar-refractivity contribution is -0.137. The Balaban J connectivity index is 2.02. The number of fused-ring (bicyclic) bond motifs is 1. The number of carbonyl (C=O) groups is 2. The number of aliphatic carboxylic acids is 1. The van der Waals surface area contributed by atoms with Crippen molar-refractivity contribution in [3.05, 3.63) is 59.7 Å². The van der Waals surface area contributed by atoms with Gasteiger partial charge in [-0.15, -0.1) is 0 Å². The Morgan fingerprint density at radius 3 is 2.71 bits per heavy atom. The van der Waals surface area contributed by atoms with Gasteiger partial charge in [0.2, 0.25) is 0 Å². The number of carboxylic acid groups (broad SMARTS) is 1. The summed E-state index contributed by atoms with van der Waals surface area (Å²) in [5, 5.41) is 18.9. The molecule has 1 unspecified atom stereocenters. The summed E-state index contributed by atoms with van der Waals surface area (Å²) in [5.41, 5.74) is 1.82. The van der Waals surface area contributed by atoms with Gasteiger partial charge in [-0.25, -0.2) is 0 Å². The minimum Gasteiger partial charge on any atom is -0.481 e. The monoisotopic (exact) mass is 384 g/mol. The molecule has 152 valence electrons. The van der Waals surface area contributed by atoms with E-state index in [1.165, 1.54) is 0 Å². The van der Waals surface area contributed by atoms with Crippen molar-refractivity contribution in [2.24, 2.45) is 5.92 Å². The number of hydrogen-bond acceptors (Lipinski definition) is 3. The highest BCUT2D eigenvalue weighted by Crippen LogP contribution is 2.41. The van der Waals surface area contributed by atoms with Gasteiger partial charge < -0.3 is 10.2 Å². The summed E-state index contributed by atoms with van der Waals surface area (Å²) in [5.74, 6) is -0.807. The van der Waals surface area contributed by atoms with Crippen LogP contribution in [0.2, 0.25) is 0 Å². The van der Waals surface area contributed by atoms with Crippen LogP contribution in [0, 0.1) is 5.92 Å². The molecule has 0 fully saturated rings. The van der Waals surface area contributed by atoms with E-state index in [4.69, 9.17) is 5.11 Å². The number of aliphatic hydroxyl groups excluding tert-OH is 1. The lowest BCUT2D eigenvalue weighted by Gasteiger charge is -2.15. The van der Waals surface area contributed by atoms with Crippen molar-refractivity contribution in [3.63, 3.8) is 0 Å². The number of Topliss-reactive ketones (excluding diaryl/α,β-unsaturated/α-hetero) is 1. The molecule has 0 saturated heterocycles. The van der Waals surface area contributed by atoms with E-state index in [1.54, 1.807) is 0 Å². The topological polar surface area (TPSA) is 74.6 Å². The summed E-state index contributed by atoms with van der Waals surface area (Å²) in [7, 11) is 0. The fraction of sp³-hybridized carbons (Fsp3) is 0.500. The molecule has 0 heterocycles. The highest BCUT2D eigenvalue weighted by atomic mass is 16.4. The van der Waals surface area contributed by atoms with E-state index < -0.39 is 12.1 Å². The molecule has 3 atom stereocenters. The van der Waals surface area contributed by atoms with Crippen LogP contribution < -0.4 is 0 Å². The van der Waals surface area contributed by atoms with Crippen LogP contribution in [0.25, 0.3) is 0 Å². The quantitative estimate of drug-likeness (QED) is 0.380. The third-order valence-electron chi connectivity index (χ3n) is 5.32. The van der Waals surface area contributed by atoms with Crippen molar-refractivity contribution in [2.75, 3.05) is 0 Å². The molecule has 2 N–H and O–H groups in total. The summed E-state index contributed by atoms with van der Waals surface area (Å²) in [6.07, 6.45) is 13.5. The molecule has 0 saturated carbocycles. The summed E-state index contributed by atoms with van der Waals surface area (Å²) in [4.78, 5) is 23.4. The highest BCUT2D eigenvalue weighted by molar-refractivity contribution is 6.03. The van der Waals surface area contributed by atoms with E-state index in [9.17, 15) is 14.7 Å². The van der Waals surface area contributed by atoms with Gasteiger partial charge in [0.1, 0.15) is 0 Å². The molecule has 0 aromatic heterocycles. The van der Waals surface area contributed by atoms with Gasteiger partial charge in [-0.1, -0.05) is 74.8 Å². The Hall–Kier alpha value is -2.20. The van der Waals surface area contributed by atoms with Crippen LogP contribution in [0.1, 0.15) is 80.1 Å². The average molecular weight is 385 g/mol. The van der Waals surface area contributed by atoms with Gasteiger partial charge in [0.25, 0.3) is 0 Å². The lowest BCUT2D eigenvalue weighted by atomic mass is 9.88. The number of carbonyl (C=O) groups excluding carboxylic acids is 1. The molecule has 1 aromatic rings. The molecule has 1 aliphatic carbocycles. The average Bonchev–Trinajstić information content (AvgIpc) is 2.94. The predicted molar refractivity (Wildman–Crippen MR) is 112 cm³/mol. The van der Waals surface area contributed by atoms with Crippen molar-refractivity contribution < 1.29 is 19.8 Å². The second-order valence-electron chi connectivity index (χ2n) is 7.52. The molecule has 28 heavy (non-hydrogen) atoms. The molecular weight excluding hydrogens is 352 g/mol. The molecule has 0 amide bonds. The van der Waals surface area contributed by atoms with Crippen LogP contribution in [-0.2, 0) is 4.79 Å². The van der Waals surface area contributed by atoms with E-state index in [-0.39, 0.29) is 24.0 Å². The van der Waals surface area contributed by atoms with Gasteiger partial charge in [-0.05, 0) is 31.2 Å². The third kappa shape index (κ3) is 6.45. The molecule has 0 bridgehead atoms. The van der Waals surface area contributed by atoms with Crippen molar-refractivity contribution in [1.82, 2.24) is 0 Å². The van der Waals surface area contributed by atoms with Crippen LogP contribution in [0.15, 0.2) is 48.6 Å². The number of aliphatic hydroxyl groups is 1. The minimum absolute atomic E-state index is 0.0202. The number of allylic oxidation sites excluding steroid dienone is 3. The second kappa shape index (κ2) is 11.6. The number of carboxylic acids is 1. The fourth-order valence-corrected chi connectivity index (χ4v) is 3.76. The number of hydrogen-bond donors (Lipinski definition) is 2. The van der Waals surface area contributed by atoms with E-state index in [2.05, 4.69) is 6.92 Å². The molecule has 1 aromatic carbocycles. The number of rotatable bonds is 12. The zero-order chi connectivity index (χ0) is 20.4. The lowest BCUT2D eigenvalue weighted by Crippen LogP contribution is -2.12. The van der Waals surface area contributed by atoms with Crippen LogP contribution in [0.5, 0.6) is 0 Å². The molecule has 4 heteroatoms. The molecule has 1 aliphatic rings. The number of unbranched alkanes of at least 4 members (excludes halogenated alkanes) is 3. The molecule has 0 spiro atoms. The zero-order valence-electron chi connectivity index (χ0n) is 16.7. The van der Waals surface area contributed by atoms with Crippen LogP contribution in [-0.4, -0.2) is 28.1 Å². The first-order valence-corrected chi connectivity index (χ1v) is 10.4. The second-order valence-corrected chi connectivity index (χ2v) is 7.52. The van der Waals surface area contributed by atoms with Crippen molar-refractivity contribution in [1.29, 1.82) is 0 Å². The number of benzene rings is 1. The summed E-state index contributed by atoms with van der Waals surface area (Å²) in [6.45, 7) is 2.14. The Morgan fingerprint density at radius 2 is 1.96 bits per heavy atom. The summed E-state index contributed by atoms with van der Waals surface area (Å²) >= 11 is 0. The van der Waals surface area contributed by atoms with Gasteiger partial charge in [-0.3, -0.25) is 9.59 Å². The first kappa shape index (κ1) is 22.1. The Kier molecular flexibility index (Phi) is 9.15. The molecule has 4 nitrogen and oxygen atoms in total. The summed E-state index contributed by atoms with van der Waals surface area (Å²) in [6, 6.07) is 7.73.